The Hall–Kier alpha value is -2.32. The standard InChI is InChI=1S/C36H66N6O8/c1-13-30(45)36(9)31(42(34(46)50-36)17-15-14-16-39-40-37)27(7)38-21-22(2)20-35(8,47-12)32(26(6)29(44)18-23(3)43)49-33-25(5)28(41(10)11)19-24(4)48-33/h22,24-28,30-33,38,45H,13-21H2,1-12H3/t22-,24?,25?,26+,27-,28?,30-,31-,32-,33+,35-,36-/m1/s1. The van der Waals surface area contributed by atoms with Gasteiger partial charge in [-0.25, -0.2) is 4.79 Å². The summed E-state index contributed by atoms with van der Waals surface area (Å²) >= 11 is 0. The second-order valence-corrected chi connectivity index (χ2v) is 15.4. The predicted molar refractivity (Wildman–Crippen MR) is 192 cm³/mol. The quantitative estimate of drug-likeness (QED) is 0.0505. The summed E-state index contributed by atoms with van der Waals surface area (Å²) in [5.74, 6) is -1.01. The van der Waals surface area contributed by atoms with Gasteiger partial charge in [-0.05, 0) is 98.8 Å². The van der Waals surface area contributed by atoms with Crippen molar-refractivity contribution in [3.05, 3.63) is 10.4 Å². The number of rotatable bonds is 22. The third-order valence-corrected chi connectivity index (χ3v) is 10.9. The molecule has 2 N–H and O–H groups in total. The molecule has 14 nitrogen and oxygen atoms in total. The molecular weight excluding hydrogens is 644 g/mol. The van der Waals surface area contributed by atoms with Gasteiger partial charge in [-0.2, -0.15) is 0 Å². The molecule has 14 heteroatoms. The Labute approximate surface area is 299 Å². The van der Waals surface area contributed by atoms with Crippen LogP contribution in [-0.2, 0) is 28.5 Å². The molecule has 0 bridgehead atoms. The molecule has 288 valence electrons. The summed E-state index contributed by atoms with van der Waals surface area (Å²) < 4.78 is 25.2. The van der Waals surface area contributed by atoms with Crippen molar-refractivity contribution in [2.45, 2.75) is 155 Å². The molecule has 3 unspecified atom stereocenters. The summed E-state index contributed by atoms with van der Waals surface area (Å²) in [7, 11) is 5.72. The molecule has 2 fully saturated rings. The van der Waals surface area contributed by atoms with Crippen molar-refractivity contribution >= 4 is 17.7 Å². The van der Waals surface area contributed by atoms with Gasteiger partial charge in [0.15, 0.2) is 11.9 Å². The van der Waals surface area contributed by atoms with E-state index in [0.29, 0.717) is 45.3 Å². The first-order valence-electron chi connectivity index (χ1n) is 18.3. The second-order valence-electron chi connectivity index (χ2n) is 15.4. The van der Waals surface area contributed by atoms with E-state index in [0.717, 1.165) is 6.42 Å². The highest BCUT2D eigenvalue weighted by molar-refractivity contribution is 5.99. The van der Waals surface area contributed by atoms with Crippen LogP contribution in [0.5, 0.6) is 0 Å². The molecule has 0 aromatic carbocycles. The normalized spacial score (nSPS) is 29.8. The van der Waals surface area contributed by atoms with Crippen LogP contribution in [0.4, 0.5) is 4.79 Å². The number of cyclic esters (lactones) is 1. The molecule has 0 radical (unpaired) electrons. The number of Topliss-reactive ketones (excluding diaryl/α,β-unsaturated/α-hetero) is 2. The molecule has 0 spiro atoms. The van der Waals surface area contributed by atoms with E-state index in [1.54, 1.807) is 25.9 Å². The maximum Gasteiger partial charge on any atom is 0.410 e. The van der Waals surface area contributed by atoms with Crippen molar-refractivity contribution < 1.29 is 38.4 Å². The van der Waals surface area contributed by atoms with Crippen LogP contribution in [0.3, 0.4) is 0 Å². The third kappa shape index (κ3) is 11.1. The fourth-order valence-electron chi connectivity index (χ4n) is 7.98. The van der Waals surface area contributed by atoms with Gasteiger partial charge in [-0.3, -0.25) is 14.5 Å². The number of aliphatic hydroxyl groups excluding tert-OH is 1. The van der Waals surface area contributed by atoms with E-state index in [1.165, 1.54) is 6.92 Å². The highest BCUT2D eigenvalue weighted by atomic mass is 16.7. The lowest BCUT2D eigenvalue weighted by molar-refractivity contribution is -0.280. The van der Waals surface area contributed by atoms with Crippen LogP contribution in [0.1, 0.15) is 101 Å². The maximum atomic E-state index is 13.4. The fourth-order valence-corrected chi connectivity index (χ4v) is 7.98. The van der Waals surface area contributed by atoms with E-state index < -0.39 is 47.8 Å². The lowest BCUT2D eigenvalue weighted by Crippen LogP contribution is -2.60. The smallest absolute Gasteiger partial charge is 0.410 e. The van der Waals surface area contributed by atoms with Crippen LogP contribution >= 0.6 is 0 Å². The summed E-state index contributed by atoms with van der Waals surface area (Å²) in [5, 5.41) is 18.2. The third-order valence-electron chi connectivity index (χ3n) is 10.9. The predicted octanol–water partition coefficient (Wildman–Crippen LogP) is 5.11. The van der Waals surface area contributed by atoms with E-state index >= 15 is 0 Å². The first-order chi connectivity index (χ1) is 23.4. The molecule has 2 aliphatic rings. The molecular formula is C36H66N6O8. The number of nitrogens with one attached hydrogen (secondary N) is 1. The highest BCUT2D eigenvalue weighted by Gasteiger charge is 2.56. The van der Waals surface area contributed by atoms with E-state index in [-0.39, 0.29) is 48.0 Å². The van der Waals surface area contributed by atoms with Gasteiger partial charge >= 0.3 is 6.09 Å². The molecule has 0 aromatic rings. The van der Waals surface area contributed by atoms with Gasteiger partial charge in [0.05, 0.1) is 36.4 Å². The molecule has 2 saturated heterocycles. The van der Waals surface area contributed by atoms with E-state index in [1.807, 2.05) is 41.8 Å². The van der Waals surface area contributed by atoms with Crippen LogP contribution in [0.2, 0.25) is 0 Å². The van der Waals surface area contributed by atoms with Crippen LogP contribution < -0.4 is 5.32 Å². The molecule has 2 aliphatic heterocycles. The Morgan fingerprint density at radius 1 is 1.26 bits per heavy atom. The molecule has 2 heterocycles. The number of hydrogen-bond acceptors (Lipinski definition) is 11. The first kappa shape index (κ1) is 43.8. The second kappa shape index (κ2) is 19.5. The topological polar surface area (TPSA) is 176 Å². The molecule has 1 amide bonds. The van der Waals surface area contributed by atoms with Crippen molar-refractivity contribution in [2.24, 2.45) is 22.9 Å². The molecule has 0 saturated carbocycles. The summed E-state index contributed by atoms with van der Waals surface area (Å²) in [4.78, 5) is 45.2. The molecule has 0 aliphatic carbocycles. The number of carbonyl (C=O) groups is 3. The number of azide groups is 1. The van der Waals surface area contributed by atoms with Gasteiger partial charge < -0.3 is 34.3 Å². The minimum Gasteiger partial charge on any atom is -0.438 e. The van der Waals surface area contributed by atoms with Crippen LogP contribution in [0, 0.1) is 17.8 Å². The van der Waals surface area contributed by atoms with Crippen molar-refractivity contribution in [3.63, 3.8) is 0 Å². The van der Waals surface area contributed by atoms with Gasteiger partial charge in [0.25, 0.3) is 0 Å². The average Bonchev–Trinajstić information content (AvgIpc) is 3.31. The van der Waals surface area contributed by atoms with Crippen molar-refractivity contribution in [1.82, 2.24) is 15.1 Å². The Balaban J connectivity index is 2.30. The van der Waals surface area contributed by atoms with Gasteiger partial charge in [-0.1, -0.05) is 32.8 Å². The Kier molecular flexibility index (Phi) is 17.1. The van der Waals surface area contributed by atoms with Gasteiger partial charge in [0, 0.05) is 49.0 Å². The average molecular weight is 711 g/mol. The molecule has 0 aromatic heterocycles. The highest BCUT2D eigenvalue weighted by Crippen LogP contribution is 2.38. The Bertz CT molecular complexity index is 1170. The molecule has 12 atom stereocenters. The largest absolute Gasteiger partial charge is 0.438 e. The number of aliphatic hydroxyl groups is 1. The number of ketones is 2. The Morgan fingerprint density at radius 2 is 1.92 bits per heavy atom. The van der Waals surface area contributed by atoms with Crippen LogP contribution in [-0.4, -0.2) is 127 Å². The lowest BCUT2D eigenvalue weighted by Gasteiger charge is -2.47. The van der Waals surface area contributed by atoms with Crippen molar-refractivity contribution in [2.75, 3.05) is 40.8 Å². The van der Waals surface area contributed by atoms with Crippen molar-refractivity contribution in [3.8, 4) is 0 Å². The van der Waals surface area contributed by atoms with Gasteiger partial charge in [-0.15, -0.1) is 0 Å². The minimum absolute atomic E-state index is 0.0134. The lowest BCUT2D eigenvalue weighted by atomic mass is 9.79. The Morgan fingerprint density at radius 3 is 2.48 bits per heavy atom. The number of unbranched alkanes of at least 4 members (excludes halogenated alkanes) is 1. The number of methoxy groups -OCH3 is 1. The van der Waals surface area contributed by atoms with Crippen LogP contribution in [0.15, 0.2) is 5.11 Å². The van der Waals surface area contributed by atoms with Crippen molar-refractivity contribution in [1.29, 1.82) is 0 Å². The number of amides is 1. The first-order valence-corrected chi connectivity index (χ1v) is 18.3. The minimum atomic E-state index is -1.13. The summed E-state index contributed by atoms with van der Waals surface area (Å²) in [5.41, 5.74) is 6.55. The zero-order chi connectivity index (χ0) is 38.0. The summed E-state index contributed by atoms with van der Waals surface area (Å²) in [6.07, 6.45) is 0.188. The summed E-state index contributed by atoms with van der Waals surface area (Å²) in [6, 6.07) is -0.493. The van der Waals surface area contributed by atoms with E-state index in [2.05, 4.69) is 34.1 Å². The number of carbonyl (C=O) groups excluding carboxylic acids is 3. The zero-order valence-electron chi connectivity index (χ0n) is 32.7. The van der Waals surface area contributed by atoms with E-state index in [4.69, 9.17) is 24.5 Å². The SMILES string of the molecule is CC[C@@H](O)[C@@]1(C)OC(=O)N(CCCCN=[N+]=[N-])[C@@H]1[C@@H](C)NC[C@H](C)C[C@@](C)(OC)[C@H](O[C@@H]1OC(C)CC(N(C)C)C1C)[C@@H](C)C(=O)CC(C)=O. The van der Waals surface area contributed by atoms with Crippen LogP contribution in [0.25, 0.3) is 10.4 Å². The monoisotopic (exact) mass is 710 g/mol. The molecule has 2 rings (SSSR count). The number of nitrogens with zero attached hydrogens (tertiary/aromatic N) is 5. The van der Waals surface area contributed by atoms with E-state index in [9.17, 15) is 19.5 Å². The zero-order valence-corrected chi connectivity index (χ0v) is 32.7. The molecule has 50 heavy (non-hydrogen) atoms. The van der Waals surface area contributed by atoms with Gasteiger partial charge in [0.1, 0.15) is 11.6 Å². The maximum absolute atomic E-state index is 13.4. The van der Waals surface area contributed by atoms with Gasteiger partial charge in [0.2, 0.25) is 0 Å². The number of ether oxygens (including phenoxy) is 4. The summed E-state index contributed by atoms with van der Waals surface area (Å²) in [6.45, 7) is 18.3. The fraction of sp³-hybridized carbons (Fsp3) is 0.917. The number of hydrogen-bond donors (Lipinski definition) is 2.